The highest BCUT2D eigenvalue weighted by molar-refractivity contribution is 5.98. The normalized spacial score (nSPS) is 14.4. The van der Waals surface area contributed by atoms with Crippen LogP contribution in [0.3, 0.4) is 0 Å². The molecule has 0 bridgehead atoms. The molecule has 5 nitrogen and oxygen atoms in total. The lowest BCUT2D eigenvalue weighted by molar-refractivity contribution is 0.0902. The highest BCUT2D eigenvalue weighted by Gasteiger charge is 2.26. The van der Waals surface area contributed by atoms with Crippen molar-refractivity contribution >= 4 is 5.78 Å². The van der Waals surface area contributed by atoms with Gasteiger partial charge < -0.3 is 10.5 Å². The minimum atomic E-state index is -0.240. The van der Waals surface area contributed by atoms with Crippen LogP contribution in [0.2, 0.25) is 0 Å². The molecular formula is C12H21N3O2. The van der Waals surface area contributed by atoms with E-state index in [1.165, 1.54) is 0 Å². The molecule has 0 aliphatic carbocycles. The number of carbonyl (C=O) groups excluding carboxylic acids is 1. The molecule has 2 atom stereocenters. The topological polar surface area (TPSA) is 70.1 Å². The Balaban J connectivity index is 3.09. The number of rotatable bonds is 6. The zero-order chi connectivity index (χ0) is 13.0. The van der Waals surface area contributed by atoms with Gasteiger partial charge in [-0.1, -0.05) is 13.8 Å². The number of ketones is 1. The average molecular weight is 239 g/mol. The monoisotopic (exact) mass is 239 g/mol. The smallest absolute Gasteiger partial charge is 0.188 e. The Hall–Kier alpha value is -1.36. The molecule has 96 valence electrons. The van der Waals surface area contributed by atoms with Crippen LogP contribution in [-0.2, 0) is 6.54 Å². The van der Waals surface area contributed by atoms with Gasteiger partial charge in [-0.05, 0) is 13.3 Å². The van der Waals surface area contributed by atoms with Crippen LogP contribution in [-0.4, -0.2) is 28.7 Å². The second-order valence-corrected chi connectivity index (χ2v) is 4.30. The van der Waals surface area contributed by atoms with Crippen LogP contribution in [0.1, 0.15) is 37.7 Å². The van der Waals surface area contributed by atoms with E-state index in [1.807, 2.05) is 20.8 Å². The lowest BCUT2D eigenvalue weighted by atomic mass is 9.97. The molecule has 1 rings (SSSR count). The second-order valence-electron chi connectivity index (χ2n) is 4.30. The van der Waals surface area contributed by atoms with Crippen LogP contribution in [0.15, 0.2) is 6.20 Å². The molecular weight excluding hydrogens is 218 g/mol. The van der Waals surface area contributed by atoms with Crippen LogP contribution < -0.4 is 10.5 Å². The number of methoxy groups -OCH3 is 1. The van der Waals surface area contributed by atoms with Crippen molar-refractivity contribution in [3.63, 3.8) is 0 Å². The SMILES string of the molecule is CCCn1ncc(OC)c1C(=O)C(C)C(C)N. The van der Waals surface area contributed by atoms with Gasteiger partial charge in [0.15, 0.2) is 11.5 Å². The van der Waals surface area contributed by atoms with Crippen molar-refractivity contribution in [2.75, 3.05) is 7.11 Å². The molecule has 0 fully saturated rings. The average Bonchev–Trinajstić information content (AvgIpc) is 2.70. The van der Waals surface area contributed by atoms with Crippen LogP contribution in [0, 0.1) is 5.92 Å². The molecule has 17 heavy (non-hydrogen) atoms. The van der Waals surface area contributed by atoms with Gasteiger partial charge in [0.1, 0.15) is 5.69 Å². The third-order valence-electron chi connectivity index (χ3n) is 2.90. The van der Waals surface area contributed by atoms with E-state index in [2.05, 4.69) is 5.10 Å². The van der Waals surface area contributed by atoms with Gasteiger partial charge in [0.25, 0.3) is 0 Å². The minimum Gasteiger partial charge on any atom is -0.493 e. The summed E-state index contributed by atoms with van der Waals surface area (Å²) in [4.78, 5) is 12.3. The van der Waals surface area contributed by atoms with Gasteiger partial charge in [-0.25, -0.2) is 0 Å². The maximum Gasteiger partial charge on any atom is 0.188 e. The molecule has 0 aliphatic rings. The Labute approximate surface area is 102 Å². The van der Waals surface area contributed by atoms with Gasteiger partial charge in [0, 0.05) is 18.5 Å². The van der Waals surface area contributed by atoms with Crippen molar-refractivity contribution in [3.8, 4) is 5.75 Å². The molecule has 0 saturated carbocycles. The van der Waals surface area contributed by atoms with Crippen molar-refractivity contribution in [2.24, 2.45) is 11.7 Å². The van der Waals surface area contributed by atoms with E-state index in [4.69, 9.17) is 10.5 Å². The highest BCUT2D eigenvalue weighted by Crippen LogP contribution is 2.22. The first-order valence-electron chi connectivity index (χ1n) is 5.92. The van der Waals surface area contributed by atoms with Crippen molar-refractivity contribution in [1.29, 1.82) is 0 Å². The fraction of sp³-hybridized carbons (Fsp3) is 0.667. The van der Waals surface area contributed by atoms with Crippen LogP contribution in [0.4, 0.5) is 0 Å². The lowest BCUT2D eigenvalue weighted by Gasteiger charge is -2.15. The van der Waals surface area contributed by atoms with Crippen LogP contribution in [0.5, 0.6) is 5.75 Å². The zero-order valence-electron chi connectivity index (χ0n) is 10.9. The number of ether oxygens (including phenoxy) is 1. The number of hydrogen-bond donors (Lipinski definition) is 1. The molecule has 1 aromatic rings. The summed E-state index contributed by atoms with van der Waals surface area (Å²) >= 11 is 0. The molecule has 0 radical (unpaired) electrons. The molecule has 2 N–H and O–H groups in total. The molecule has 0 aromatic carbocycles. The van der Waals surface area contributed by atoms with Crippen molar-refractivity contribution in [2.45, 2.75) is 39.8 Å². The van der Waals surface area contributed by atoms with Gasteiger partial charge in [0.05, 0.1) is 13.3 Å². The summed E-state index contributed by atoms with van der Waals surface area (Å²) in [6.45, 7) is 6.40. The number of nitrogens with zero attached hydrogens (tertiary/aromatic N) is 2. The van der Waals surface area contributed by atoms with Crippen molar-refractivity contribution in [1.82, 2.24) is 9.78 Å². The first kappa shape index (κ1) is 13.7. The van der Waals surface area contributed by atoms with Crippen LogP contribution in [0.25, 0.3) is 0 Å². The third kappa shape index (κ3) is 2.85. The third-order valence-corrected chi connectivity index (χ3v) is 2.90. The quantitative estimate of drug-likeness (QED) is 0.763. The van der Waals surface area contributed by atoms with E-state index in [0.29, 0.717) is 18.0 Å². The summed E-state index contributed by atoms with van der Waals surface area (Å²) in [5, 5.41) is 4.17. The predicted octanol–water partition coefficient (Wildman–Crippen LogP) is 1.47. The molecule has 1 heterocycles. The minimum absolute atomic E-state index is 0.0113. The van der Waals surface area contributed by atoms with Gasteiger partial charge >= 0.3 is 0 Å². The molecule has 0 spiro atoms. The molecule has 1 aromatic heterocycles. The Morgan fingerprint density at radius 3 is 2.71 bits per heavy atom. The Kier molecular flexibility index (Phi) is 4.69. The molecule has 0 amide bonds. The van der Waals surface area contributed by atoms with Crippen molar-refractivity contribution in [3.05, 3.63) is 11.9 Å². The van der Waals surface area contributed by atoms with E-state index in [1.54, 1.807) is 18.0 Å². The summed E-state index contributed by atoms with van der Waals surface area (Å²) < 4.78 is 6.87. The molecule has 5 heteroatoms. The second kappa shape index (κ2) is 5.82. The largest absolute Gasteiger partial charge is 0.493 e. The van der Waals surface area contributed by atoms with E-state index >= 15 is 0 Å². The number of nitrogens with two attached hydrogens (primary N) is 1. The number of aryl methyl sites for hydroxylation is 1. The Bertz CT molecular complexity index is 385. The zero-order valence-corrected chi connectivity index (χ0v) is 10.9. The fourth-order valence-electron chi connectivity index (χ4n) is 1.60. The summed E-state index contributed by atoms with van der Waals surface area (Å²) in [5.41, 5.74) is 6.29. The number of aromatic nitrogens is 2. The summed E-state index contributed by atoms with van der Waals surface area (Å²) in [7, 11) is 1.54. The molecule has 2 unspecified atom stereocenters. The van der Waals surface area contributed by atoms with Gasteiger partial charge in [-0.15, -0.1) is 0 Å². The molecule has 0 saturated heterocycles. The standard InChI is InChI=1S/C12H21N3O2/c1-5-6-15-11(10(17-4)7-14-15)12(16)8(2)9(3)13/h7-9H,5-6,13H2,1-4H3. The maximum atomic E-state index is 12.3. The Morgan fingerprint density at radius 2 is 2.24 bits per heavy atom. The fourth-order valence-corrected chi connectivity index (χ4v) is 1.60. The summed E-state index contributed by atoms with van der Waals surface area (Å²) in [6.07, 6.45) is 2.49. The maximum absolute atomic E-state index is 12.3. The van der Waals surface area contributed by atoms with Crippen molar-refractivity contribution < 1.29 is 9.53 Å². The lowest BCUT2D eigenvalue weighted by Crippen LogP contribution is -2.32. The first-order valence-corrected chi connectivity index (χ1v) is 5.92. The number of carbonyl (C=O) groups is 1. The van der Waals surface area contributed by atoms with Crippen LogP contribution >= 0.6 is 0 Å². The summed E-state index contributed by atoms with van der Waals surface area (Å²) in [5.74, 6) is 0.273. The number of Topliss-reactive ketones (excluding diaryl/α,β-unsaturated/α-hetero) is 1. The van der Waals surface area contributed by atoms with E-state index in [-0.39, 0.29) is 17.7 Å². The number of hydrogen-bond acceptors (Lipinski definition) is 4. The summed E-state index contributed by atoms with van der Waals surface area (Å²) in [6, 6.07) is -0.183. The predicted molar refractivity (Wildman–Crippen MR) is 66.2 cm³/mol. The van der Waals surface area contributed by atoms with E-state index in [0.717, 1.165) is 6.42 Å². The van der Waals surface area contributed by atoms with E-state index < -0.39 is 0 Å². The Morgan fingerprint density at radius 1 is 1.59 bits per heavy atom. The van der Waals surface area contributed by atoms with Gasteiger partial charge in [0.2, 0.25) is 0 Å². The van der Waals surface area contributed by atoms with Gasteiger partial charge in [-0.2, -0.15) is 5.10 Å². The highest BCUT2D eigenvalue weighted by atomic mass is 16.5. The van der Waals surface area contributed by atoms with Gasteiger partial charge in [-0.3, -0.25) is 9.48 Å². The molecule has 0 aliphatic heterocycles. The van der Waals surface area contributed by atoms with E-state index in [9.17, 15) is 4.79 Å². The first-order chi connectivity index (χ1) is 8.02.